The largest absolute Gasteiger partial charge is 0.497 e. The molecule has 0 fully saturated rings. The molecule has 0 saturated heterocycles. The Morgan fingerprint density at radius 3 is 2.76 bits per heavy atom. The van der Waals surface area contributed by atoms with E-state index in [4.69, 9.17) is 21.3 Å². The van der Waals surface area contributed by atoms with Crippen molar-refractivity contribution in [2.45, 2.75) is 32.1 Å². The van der Waals surface area contributed by atoms with Gasteiger partial charge in [-0.1, -0.05) is 34.0 Å². The van der Waals surface area contributed by atoms with Crippen LogP contribution in [0.4, 0.5) is 0 Å². The third-order valence-electron chi connectivity index (χ3n) is 3.80. The van der Waals surface area contributed by atoms with Gasteiger partial charge in [-0.2, -0.15) is 0 Å². The van der Waals surface area contributed by atoms with Gasteiger partial charge >= 0.3 is 0 Å². The van der Waals surface area contributed by atoms with Gasteiger partial charge in [0, 0.05) is 21.3 Å². The van der Waals surface area contributed by atoms with Crippen LogP contribution < -0.4 is 4.74 Å². The number of halogens is 2. The molecule has 1 aromatic carbocycles. The molecule has 3 rings (SSSR count). The molecule has 5 heteroatoms. The maximum absolute atomic E-state index is 6.40. The van der Waals surface area contributed by atoms with Crippen LogP contribution in [0.25, 0.3) is 11.4 Å². The van der Waals surface area contributed by atoms with Crippen molar-refractivity contribution < 1.29 is 4.74 Å². The molecule has 0 N–H and O–H groups in total. The predicted molar refractivity (Wildman–Crippen MR) is 88.0 cm³/mol. The highest BCUT2D eigenvalue weighted by Crippen LogP contribution is 2.33. The van der Waals surface area contributed by atoms with E-state index < -0.39 is 0 Å². The molecule has 0 radical (unpaired) electrons. The van der Waals surface area contributed by atoms with Crippen LogP contribution in [-0.4, -0.2) is 17.1 Å². The number of aromatic nitrogens is 2. The Kier molecular flexibility index (Phi) is 4.45. The Hall–Kier alpha value is -1.13. The van der Waals surface area contributed by atoms with E-state index in [9.17, 15) is 0 Å². The average Bonchev–Trinajstić information content (AvgIpc) is 2.73. The van der Waals surface area contributed by atoms with Crippen LogP contribution in [0.15, 0.2) is 22.7 Å². The molecule has 0 spiro atoms. The summed E-state index contributed by atoms with van der Waals surface area (Å²) in [4.78, 5) is 9.26. The molecule has 0 unspecified atom stereocenters. The Morgan fingerprint density at radius 2 is 1.95 bits per heavy atom. The number of fused-ring (bicyclic) bond motifs is 1. The zero-order valence-electron chi connectivity index (χ0n) is 11.8. The van der Waals surface area contributed by atoms with E-state index in [0.717, 1.165) is 46.3 Å². The second kappa shape index (κ2) is 6.32. The van der Waals surface area contributed by atoms with E-state index >= 15 is 0 Å². The summed E-state index contributed by atoms with van der Waals surface area (Å²) in [6.45, 7) is 0. The lowest BCUT2D eigenvalue weighted by molar-refractivity contribution is 0.415. The van der Waals surface area contributed by atoms with Crippen molar-refractivity contribution in [1.82, 2.24) is 9.97 Å². The van der Waals surface area contributed by atoms with E-state index in [1.807, 2.05) is 18.2 Å². The lowest BCUT2D eigenvalue weighted by Crippen LogP contribution is -2.02. The van der Waals surface area contributed by atoms with Gasteiger partial charge in [-0.3, -0.25) is 0 Å². The fourth-order valence-corrected chi connectivity index (χ4v) is 3.36. The lowest BCUT2D eigenvalue weighted by atomic mass is 10.1. The highest BCUT2D eigenvalue weighted by molar-refractivity contribution is 9.10. The number of nitrogens with zero attached hydrogens (tertiary/aromatic N) is 2. The van der Waals surface area contributed by atoms with Crippen molar-refractivity contribution in [2.75, 3.05) is 7.11 Å². The lowest BCUT2D eigenvalue weighted by Gasteiger charge is -2.11. The molecular formula is C16H16BrClN2O. The number of ether oxygens (including phenoxy) is 1. The van der Waals surface area contributed by atoms with Gasteiger partial charge in [0.2, 0.25) is 0 Å². The molecule has 110 valence electrons. The second-order valence-electron chi connectivity index (χ2n) is 5.17. The molecule has 1 aromatic heterocycles. The van der Waals surface area contributed by atoms with Crippen molar-refractivity contribution in [3.63, 3.8) is 0 Å². The Morgan fingerprint density at radius 1 is 1.14 bits per heavy atom. The standard InChI is InChI=1S/C16H16BrClN2O/c1-21-10-7-8-13(17)12(9-10)16-19-14-6-4-2-3-5-11(14)15(18)20-16/h7-9H,2-6H2,1H3. The van der Waals surface area contributed by atoms with E-state index in [0.29, 0.717) is 11.0 Å². The highest BCUT2D eigenvalue weighted by Gasteiger charge is 2.17. The van der Waals surface area contributed by atoms with E-state index in [-0.39, 0.29) is 0 Å². The smallest absolute Gasteiger partial charge is 0.162 e. The molecule has 1 heterocycles. The molecule has 0 bridgehead atoms. The monoisotopic (exact) mass is 366 g/mol. The summed E-state index contributed by atoms with van der Waals surface area (Å²) in [7, 11) is 1.65. The van der Waals surface area contributed by atoms with Crippen LogP contribution in [-0.2, 0) is 12.8 Å². The van der Waals surface area contributed by atoms with Crippen LogP contribution in [0, 0.1) is 0 Å². The van der Waals surface area contributed by atoms with E-state index in [2.05, 4.69) is 20.9 Å². The quantitative estimate of drug-likeness (QED) is 0.563. The van der Waals surface area contributed by atoms with E-state index in [1.54, 1.807) is 7.11 Å². The fourth-order valence-electron chi connectivity index (χ4n) is 2.65. The number of aryl methyl sites for hydroxylation is 1. The van der Waals surface area contributed by atoms with Gasteiger partial charge in [0.1, 0.15) is 10.9 Å². The second-order valence-corrected chi connectivity index (χ2v) is 6.38. The first-order valence-electron chi connectivity index (χ1n) is 7.08. The molecule has 3 nitrogen and oxygen atoms in total. The average molecular weight is 368 g/mol. The Labute approximate surface area is 137 Å². The Balaban J connectivity index is 2.11. The normalized spacial score (nSPS) is 14.4. The molecule has 21 heavy (non-hydrogen) atoms. The summed E-state index contributed by atoms with van der Waals surface area (Å²) in [5, 5.41) is 0.589. The SMILES string of the molecule is COc1ccc(Br)c(-c2nc(Cl)c3c(n2)CCCCC3)c1. The first-order chi connectivity index (χ1) is 10.2. The van der Waals surface area contributed by atoms with Gasteiger partial charge in [-0.25, -0.2) is 9.97 Å². The minimum Gasteiger partial charge on any atom is -0.497 e. The number of methoxy groups -OCH3 is 1. The summed E-state index contributed by atoms with van der Waals surface area (Å²) in [5.41, 5.74) is 3.12. The maximum atomic E-state index is 6.40. The molecule has 0 atom stereocenters. The van der Waals surface area contributed by atoms with Gasteiger partial charge in [0.15, 0.2) is 5.82 Å². The third-order valence-corrected chi connectivity index (χ3v) is 4.80. The van der Waals surface area contributed by atoms with Gasteiger partial charge in [-0.15, -0.1) is 0 Å². The number of rotatable bonds is 2. The van der Waals surface area contributed by atoms with Crippen molar-refractivity contribution in [3.8, 4) is 17.1 Å². The maximum Gasteiger partial charge on any atom is 0.162 e. The zero-order valence-corrected chi connectivity index (χ0v) is 14.2. The van der Waals surface area contributed by atoms with Gasteiger partial charge in [-0.05, 0) is 43.9 Å². The first-order valence-corrected chi connectivity index (χ1v) is 8.25. The van der Waals surface area contributed by atoms with Crippen molar-refractivity contribution in [3.05, 3.63) is 39.1 Å². The molecule has 1 aliphatic rings. The number of hydrogen-bond donors (Lipinski definition) is 0. The molecule has 0 amide bonds. The van der Waals surface area contributed by atoms with E-state index in [1.165, 1.54) is 12.8 Å². The van der Waals surface area contributed by atoms with Gasteiger partial charge in [0.05, 0.1) is 7.11 Å². The van der Waals surface area contributed by atoms with Crippen LogP contribution in [0.5, 0.6) is 5.75 Å². The predicted octanol–water partition coefficient (Wildman–Crippen LogP) is 4.84. The van der Waals surface area contributed by atoms with Crippen molar-refractivity contribution in [2.24, 2.45) is 0 Å². The van der Waals surface area contributed by atoms with Crippen LogP contribution >= 0.6 is 27.5 Å². The minimum absolute atomic E-state index is 0.589. The van der Waals surface area contributed by atoms with Crippen LogP contribution in [0.1, 0.15) is 30.5 Å². The number of benzene rings is 1. The molecule has 1 aliphatic carbocycles. The van der Waals surface area contributed by atoms with Crippen LogP contribution in [0.2, 0.25) is 5.15 Å². The summed E-state index contributed by atoms with van der Waals surface area (Å²) < 4.78 is 6.22. The minimum atomic E-state index is 0.589. The first kappa shape index (κ1) is 14.8. The fraction of sp³-hybridized carbons (Fsp3) is 0.375. The molecule has 0 saturated carbocycles. The highest BCUT2D eigenvalue weighted by atomic mass is 79.9. The summed E-state index contributed by atoms with van der Waals surface area (Å²) in [5.74, 6) is 1.44. The molecule has 2 aromatic rings. The topological polar surface area (TPSA) is 35.0 Å². The zero-order chi connectivity index (χ0) is 14.8. The Bertz CT molecular complexity index is 676. The summed E-state index contributed by atoms with van der Waals surface area (Å²) >= 11 is 9.95. The third kappa shape index (κ3) is 3.06. The van der Waals surface area contributed by atoms with Crippen molar-refractivity contribution in [1.29, 1.82) is 0 Å². The summed E-state index contributed by atoms with van der Waals surface area (Å²) in [6.07, 6.45) is 5.52. The number of hydrogen-bond acceptors (Lipinski definition) is 3. The van der Waals surface area contributed by atoms with Crippen molar-refractivity contribution >= 4 is 27.5 Å². The van der Waals surface area contributed by atoms with Crippen LogP contribution in [0.3, 0.4) is 0 Å². The van der Waals surface area contributed by atoms with Gasteiger partial charge < -0.3 is 4.74 Å². The summed E-state index contributed by atoms with van der Waals surface area (Å²) in [6, 6.07) is 5.77. The van der Waals surface area contributed by atoms with Gasteiger partial charge in [0.25, 0.3) is 0 Å². The molecule has 0 aliphatic heterocycles. The molecular weight excluding hydrogens is 352 g/mol.